The smallest absolute Gasteiger partial charge is 0.311 e. The third-order valence-corrected chi connectivity index (χ3v) is 2.36. The van der Waals surface area contributed by atoms with Gasteiger partial charge in [0.05, 0.1) is 12.0 Å². The molecule has 0 spiro atoms. The van der Waals surface area contributed by atoms with Crippen LogP contribution in [0.2, 0.25) is 0 Å². The van der Waals surface area contributed by atoms with Crippen LogP contribution in [0.5, 0.6) is 0 Å². The molecule has 0 aromatic carbocycles. The molecule has 0 N–H and O–H groups in total. The highest BCUT2D eigenvalue weighted by molar-refractivity contribution is 5.75. The van der Waals surface area contributed by atoms with E-state index in [0.717, 1.165) is 25.7 Å². The van der Waals surface area contributed by atoms with Crippen LogP contribution in [0.1, 0.15) is 60.3 Å². The lowest BCUT2D eigenvalue weighted by Crippen LogP contribution is -2.23. The van der Waals surface area contributed by atoms with Crippen LogP contribution >= 0.6 is 0 Å². The molecule has 0 unspecified atom stereocenters. The molecule has 0 heterocycles. The quantitative estimate of drug-likeness (QED) is 0.387. The van der Waals surface area contributed by atoms with E-state index < -0.39 is 0 Å². The highest BCUT2D eigenvalue weighted by Gasteiger charge is 2.22. The first-order valence-electron chi connectivity index (χ1n) is 6.20. The van der Waals surface area contributed by atoms with Gasteiger partial charge in [0.25, 0.3) is 0 Å². The lowest BCUT2D eigenvalue weighted by Gasteiger charge is -2.16. The average Bonchev–Trinajstić information content (AvgIpc) is 2.16. The Morgan fingerprint density at radius 2 is 1.88 bits per heavy atom. The summed E-state index contributed by atoms with van der Waals surface area (Å²) < 4.78 is 5.19. The molecule has 0 aromatic rings. The summed E-state index contributed by atoms with van der Waals surface area (Å²) in [7, 11) is 0. The van der Waals surface area contributed by atoms with Crippen LogP contribution in [-0.4, -0.2) is 12.6 Å². The fraction of sp³-hybridized carbons (Fsp3) is 0.786. The SMILES string of the molecule is CC/C=C(\C)CCCCOC(=O)C(C)(C)C. The van der Waals surface area contributed by atoms with Crippen LogP contribution in [0.3, 0.4) is 0 Å². The highest BCUT2D eigenvalue weighted by atomic mass is 16.5. The van der Waals surface area contributed by atoms with E-state index in [-0.39, 0.29) is 11.4 Å². The topological polar surface area (TPSA) is 26.3 Å². The van der Waals surface area contributed by atoms with Crippen molar-refractivity contribution in [2.45, 2.75) is 60.3 Å². The fourth-order valence-corrected chi connectivity index (χ4v) is 1.34. The van der Waals surface area contributed by atoms with E-state index in [4.69, 9.17) is 4.74 Å². The van der Waals surface area contributed by atoms with Gasteiger partial charge >= 0.3 is 5.97 Å². The summed E-state index contributed by atoms with van der Waals surface area (Å²) in [5, 5.41) is 0. The molecule has 0 aliphatic carbocycles. The van der Waals surface area contributed by atoms with Crippen LogP contribution in [0, 0.1) is 5.41 Å². The fourth-order valence-electron chi connectivity index (χ4n) is 1.34. The number of carbonyl (C=O) groups is 1. The van der Waals surface area contributed by atoms with Gasteiger partial charge in [-0.3, -0.25) is 4.79 Å². The normalized spacial score (nSPS) is 12.7. The maximum Gasteiger partial charge on any atom is 0.311 e. The van der Waals surface area contributed by atoms with E-state index in [2.05, 4.69) is 19.9 Å². The second-order valence-corrected chi connectivity index (χ2v) is 5.30. The van der Waals surface area contributed by atoms with Gasteiger partial charge in [-0.05, 0) is 53.4 Å². The molecule has 16 heavy (non-hydrogen) atoms. The highest BCUT2D eigenvalue weighted by Crippen LogP contribution is 2.15. The standard InChI is InChI=1S/C14H26O2/c1-6-9-12(2)10-7-8-11-16-13(15)14(3,4)5/h9H,6-8,10-11H2,1-5H3/b12-9+. The molecule has 94 valence electrons. The average molecular weight is 226 g/mol. The van der Waals surface area contributed by atoms with Gasteiger partial charge in [0.2, 0.25) is 0 Å². The summed E-state index contributed by atoms with van der Waals surface area (Å²) in [4.78, 5) is 11.4. The molecule has 0 aliphatic rings. The van der Waals surface area contributed by atoms with E-state index in [1.807, 2.05) is 20.8 Å². The second-order valence-electron chi connectivity index (χ2n) is 5.30. The van der Waals surface area contributed by atoms with E-state index in [1.54, 1.807) is 0 Å². The third-order valence-electron chi connectivity index (χ3n) is 2.36. The second kappa shape index (κ2) is 7.48. The molecule has 0 saturated carbocycles. The van der Waals surface area contributed by atoms with Crippen LogP contribution < -0.4 is 0 Å². The summed E-state index contributed by atoms with van der Waals surface area (Å²) in [5.74, 6) is -0.103. The molecular formula is C14H26O2. The van der Waals surface area contributed by atoms with Crippen molar-refractivity contribution in [1.29, 1.82) is 0 Å². The lowest BCUT2D eigenvalue weighted by atomic mass is 9.97. The Labute approximate surface area is 100 Å². The van der Waals surface area contributed by atoms with Crippen LogP contribution in [0.4, 0.5) is 0 Å². The van der Waals surface area contributed by atoms with Crippen molar-refractivity contribution in [2.24, 2.45) is 5.41 Å². The molecule has 0 aliphatic heterocycles. The number of ether oxygens (including phenoxy) is 1. The number of hydrogen-bond donors (Lipinski definition) is 0. The van der Waals surface area contributed by atoms with Crippen molar-refractivity contribution in [3.63, 3.8) is 0 Å². The Balaban J connectivity index is 3.55. The van der Waals surface area contributed by atoms with Crippen molar-refractivity contribution in [1.82, 2.24) is 0 Å². The minimum absolute atomic E-state index is 0.103. The van der Waals surface area contributed by atoms with Gasteiger partial charge in [-0.15, -0.1) is 0 Å². The van der Waals surface area contributed by atoms with Crippen molar-refractivity contribution < 1.29 is 9.53 Å². The number of esters is 1. The molecule has 0 bridgehead atoms. The van der Waals surface area contributed by atoms with Crippen molar-refractivity contribution in [3.8, 4) is 0 Å². The van der Waals surface area contributed by atoms with Gasteiger partial charge in [-0.1, -0.05) is 18.6 Å². The number of hydrogen-bond acceptors (Lipinski definition) is 2. The van der Waals surface area contributed by atoms with Crippen LogP contribution in [-0.2, 0) is 9.53 Å². The Bertz CT molecular complexity index is 234. The van der Waals surface area contributed by atoms with Crippen LogP contribution in [0.25, 0.3) is 0 Å². The molecule has 2 nitrogen and oxygen atoms in total. The maximum absolute atomic E-state index is 11.4. The molecule has 0 aromatic heterocycles. The van der Waals surface area contributed by atoms with Gasteiger partial charge < -0.3 is 4.74 Å². The molecule has 2 heteroatoms. The molecule has 0 fully saturated rings. The first kappa shape index (κ1) is 15.2. The minimum atomic E-state index is -0.377. The van der Waals surface area contributed by atoms with Crippen molar-refractivity contribution in [2.75, 3.05) is 6.61 Å². The van der Waals surface area contributed by atoms with E-state index in [1.165, 1.54) is 5.57 Å². The van der Waals surface area contributed by atoms with E-state index in [9.17, 15) is 4.79 Å². The zero-order valence-corrected chi connectivity index (χ0v) is 11.4. The van der Waals surface area contributed by atoms with Crippen molar-refractivity contribution >= 4 is 5.97 Å². The molecular weight excluding hydrogens is 200 g/mol. The monoisotopic (exact) mass is 226 g/mol. The largest absolute Gasteiger partial charge is 0.465 e. The number of allylic oxidation sites excluding steroid dienone is 2. The molecule has 0 rings (SSSR count). The van der Waals surface area contributed by atoms with Gasteiger partial charge in [-0.25, -0.2) is 0 Å². The Morgan fingerprint density at radius 3 is 2.38 bits per heavy atom. The summed E-state index contributed by atoms with van der Waals surface area (Å²) in [6.45, 7) is 10.5. The first-order valence-corrected chi connectivity index (χ1v) is 6.20. The maximum atomic E-state index is 11.4. The number of rotatable bonds is 6. The lowest BCUT2D eigenvalue weighted by molar-refractivity contribution is -0.153. The van der Waals surface area contributed by atoms with Gasteiger partial charge in [0.1, 0.15) is 0 Å². The summed E-state index contributed by atoms with van der Waals surface area (Å²) in [6.07, 6.45) is 6.52. The molecule has 0 radical (unpaired) electrons. The zero-order chi connectivity index (χ0) is 12.6. The molecule has 0 atom stereocenters. The van der Waals surface area contributed by atoms with E-state index in [0.29, 0.717) is 6.61 Å². The van der Waals surface area contributed by atoms with E-state index >= 15 is 0 Å². The summed E-state index contributed by atoms with van der Waals surface area (Å²) >= 11 is 0. The Kier molecular flexibility index (Phi) is 7.11. The van der Waals surface area contributed by atoms with Gasteiger partial charge in [0.15, 0.2) is 0 Å². The zero-order valence-electron chi connectivity index (χ0n) is 11.4. The van der Waals surface area contributed by atoms with Gasteiger partial charge in [0, 0.05) is 0 Å². The predicted octanol–water partition coefficient (Wildman–Crippen LogP) is 4.10. The molecule has 0 saturated heterocycles. The third kappa shape index (κ3) is 7.49. The summed E-state index contributed by atoms with van der Waals surface area (Å²) in [6, 6.07) is 0. The van der Waals surface area contributed by atoms with Crippen molar-refractivity contribution in [3.05, 3.63) is 11.6 Å². The predicted molar refractivity (Wildman–Crippen MR) is 68.3 cm³/mol. The summed E-state index contributed by atoms with van der Waals surface area (Å²) in [5.41, 5.74) is 1.06. The molecule has 0 amide bonds. The Hall–Kier alpha value is -0.790. The number of carbonyl (C=O) groups excluding carboxylic acids is 1. The number of unbranched alkanes of at least 4 members (excludes halogenated alkanes) is 1. The van der Waals surface area contributed by atoms with Gasteiger partial charge in [-0.2, -0.15) is 0 Å². The first-order chi connectivity index (χ1) is 7.38. The minimum Gasteiger partial charge on any atom is -0.465 e. The Morgan fingerprint density at radius 1 is 1.25 bits per heavy atom. The van der Waals surface area contributed by atoms with Crippen LogP contribution in [0.15, 0.2) is 11.6 Å².